The number of H-pyrrole nitrogens is 1. The Kier molecular flexibility index (Phi) is 3.08. The third-order valence-electron chi connectivity index (χ3n) is 4.32. The highest BCUT2D eigenvalue weighted by molar-refractivity contribution is 6.30. The Morgan fingerprint density at radius 1 is 1.10 bits per heavy atom. The van der Waals surface area contributed by atoms with Crippen LogP contribution in [0.3, 0.4) is 0 Å². The number of nitrogens with zero attached hydrogens (tertiary/aromatic N) is 1. The van der Waals surface area contributed by atoms with E-state index in [9.17, 15) is 0 Å². The summed E-state index contributed by atoms with van der Waals surface area (Å²) in [5.74, 6) is 0.640. The van der Waals surface area contributed by atoms with E-state index in [0.717, 1.165) is 34.5 Å². The molecule has 1 saturated carbocycles. The van der Waals surface area contributed by atoms with E-state index in [-0.39, 0.29) is 0 Å². The zero-order chi connectivity index (χ0) is 14.2. The number of hydrogen-bond donors (Lipinski definition) is 2. The van der Waals surface area contributed by atoms with Crippen molar-refractivity contribution in [1.29, 1.82) is 0 Å². The first-order valence-electron chi connectivity index (χ1n) is 7.24. The number of nitrogens with one attached hydrogen (secondary N) is 2. The van der Waals surface area contributed by atoms with Gasteiger partial charge in [0.25, 0.3) is 0 Å². The highest BCUT2D eigenvalue weighted by atomic mass is 35.5. The normalized spacial score (nSPS) is 21.2. The summed E-state index contributed by atoms with van der Waals surface area (Å²) in [7, 11) is 0. The maximum absolute atomic E-state index is 5.94. The van der Waals surface area contributed by atoms with Crippen LogP contribution in [0.5, 0.6) is 0 Å². The van der Waals surface area contributed by atoms with E-state index in [2.05, 4.69) is 45.8 Å². The van der Waals surface area contributed by atoms with E-state index in [1.165, 1.54) is 5.56 Å². The van der Waals surface area contributed by atoms with E-state index in [1.54, 1.807) is 0 Å². The largest absolute Gasteiger partial charge is 0.381 e. The minimum atomic E-state index is 0.527. The molecule has 2 N–H and O–H groups in total. The predicted octanol–water partition coefficient (Wildman–Crippen LogP) is 4.57. The van der Waals surface area contributed by atoms with Gasteiger partial charge in [-0.2, -0.15) is 5.10 Å². The minimum Gasteiger partial charge on any atom is -0.381 e. The molecule has 0 saturated heterocycles. The van der Waals surface area contributed by atoms with Gasteiger partial charge in [0, 0.05) is 16.5 Å². The molecule has 3 aromatic rings. The summed E-state index contributed by atoms with van der Waals surface area (Å²) < 4.78 is 0. The summed E-state index contributed by atoms with van der Waals surface area (Å²) in [4.78, 5) is 0. The molecule has 0 bridgehead atoms. The van der Waals surface area contributed by atoms with Crippen LogP contribution in [0.1, 0.15) is 24.3 Å². The quantitative estimate of drug-likeness (QED) is 0.743. The number of rotatable bonds is 3. The van der Waals surface area contributed by atoms with Gasteiger partial charge < -0.3 is 5.32 Å². The molecule has 21 heavy (non-hydrogen) atoms. The van der Waals surface area contributed by atoms with Gasteiger partial charge in [0.05, 0.1) is 17.4 Å². The van der Waals surface area contributed by atoms with E-state index >= 15 is 0 Å². The number of anilines is 1. The lowest BCUT2D eigenvalue weighted by Crippen LogP contribution is -2.34. The number of fused-ring (bicyclic) bond motifs is 1. The topological polar surface area (TPSA) is 40.7 Å². The van der Waals surface area contributed by atoms with Crippen molar-refractivity contribution < 1.29 is 0 Å². The molecule has 106 valence electrons. The lowest BCUT2D eigenvalue weighted by atomic mass is 9.76. The van der Waals surface area contributed by atoms with Crippen LogP contribution in [0.2, 0.25) is 5.02 Å². The Morgan fingerprint density at radius 2 is 1.90 bits per heavy atom. The molecule has 1 heterocycles. The first-order chi connectivity index (χ1) is 10.3. The smallest absolute Gasteiger partial charge is 0.0881 e. The molecule has 1 aliphatic carbocycles. The van der Waals surface area contributed by atoms with Crippen LogP contribution in [0.15, 0.2) is 48.7 Å². The summed E-state index contributed by atoms with van der Waals surface area (Å²) in [5, 5.41) is 12.7. The van der Waals surface area contributed by atoms with E-state index in [1.807, 2.05) is 18.3 Å². The fourth-order valence-electron chi connectivity index (χ4n) is 3.05. The SMILES string of the molecule is Clc1ccc(C2CC(Nc3cccc4cn[nH]c34)C2)cc1. The molecular weight excluding hydrogens is 282 g/mol. The van der Waals surface area contributed by atoms with Crippen LogP contribution in [0.25, 0.3) is 10.9 Å². The van der Waals surface area contributed by atoms with Gasteiger partial charge in [-0.15, -0.1) is 0 Å². The van der Waals surface area contributed by atoms with Crippen LogP contribution in [-0.4, -0.2) is 16.2 Å². The number of benzene rings is 2. The van der Waals surface area contributed by atoms with Gasteiger partial charge in [0.15, 0.2) is 0 Å². The molecule has 4 rings (SSSR count). The van der Waals surface area contributed by atoms with Crippen LogP contribution in [-0.2, 0) is 0 Å². The van der Waals surface area contributed by atoms with Gasteiger partial charge >= 0.3 is 0 Å². The van der Waals surface area contributed by atoms with Gasteiger partial charge in [-0.25, -0.2) is 0 Å². The van der Waals surface area contributed by atoms with E-state index in [4.69, 9.17) is 11.6 Å². The van der Waals surface area contributed by atoms with Gasteiger partial charge in [0.2, 0.25) is 0 Å². The highest BCUT2D eigenvalue weighted by Gasteiger charge is 2.30. The van der Waals surface area contributed by atoms with Crippen molar-refractivity contribution in [3.05, 3.63) is 59.2 Å². The minimum absolute atomic E-state index is 0.527. The molecule has 2 aromatic carbocycles. The lowest BCUT2D eigenvalue weighted by molar-refractivity contribution is 0.374. The second kappa shape index (κ2) is 5.08. The fourth-order valence-corrected chi connectivity index (χ4v) is 3.18. The van der Waals surface area contributed by atoms with E-state index < -0.39 is 0 Å². The van der Waals surface area contributed by atoms with E-state index in [0.29, 0.717) is 12.0 Å². The zero-order valence-corrected chi connectivity index (χ0v) is 12.3. The zero-order valence-electron chi connectivity index (χ0n) is 11.5. The first kappa shape index (κ1) is 12.7. The Labute approximate surface area is 128 Å². The molecule has 0 spiro atoms. The summed E-state index contributed by atoms with van der Waals surface area (Å²) >= 11 is 5.94. The van der Waals surface area contributed by atoms with Crippen molar-refractivity contribution >= 4 is 28.2 Å². The summed E-state index contributed by atoms with van der Waals surface area (Å²) in [5.41, 5.74) is 3.62. The molecule has 1 aliphatic rings. The Hall–Kier alpha value is -2.00. The number of halogens is 1. The number of para-hydroxylation sites is 1. The van der Waals surface area contributed by atoms with Crippen molar-refractivity contribution in [3.8, 4) is 0 Å². The maximum Gasteiger partial charge on any atom is 0.0881 e. The van der Waals surface area contributed by atoms with Crippen LogP contribution in [0, 0.1) is 0 Å². The average Bonchev–Trinajstić information content (AvgIpc) is 2.93. The molecule has 4 heteroatoms. The third kappa shape index (κ3) is 2.38. The summed E-state index contributed by atoms with van der Waals surface area (Å²) in [6.07, 6.45) is 4.18. The first-order valence-corrected chi connectivity index (χ1v) is 7.61. The predicted molar refractivity (Wildman–Crippen MR) is 86.9 cm³/mol. The molecular formula is C17H16ClN3. The van der Waals surface area contributed by atoms with Crippen molar-refractivity contribution in [3.63, 3.8) is 0 Å². The summed E-state index contributed by atoms with van der Waals surface area (Å²) in [6.45, 7) is 0. The standard InChI is InChI=1S/C17H16ClN3/c18-14-6-4-11(5-7-14)13-8-15(9-13)20-16-3-1-2-12-10-19-21-17(12)16/h1-7,10,13,15,20H,8-9H2,(H,19,21). The molecule has 0 radical (unpaired) electrons. The molecule has 0 unspecified atom stereocenters. The Bertz CT molecular complexity index is 757. The van der Waals surface area contributed by atoms with Gasteiger partial charge in [-0.05, 0) is 42.5 Å². The fraction of sp³-hybridized carbons (Fsp3) is 0.235. The van der Waals surface area contributed by atoms with Gasteiger partial charge in [-0.3, -0.25) is 5.10 Å². The second-order valence-corrected chi connectivity index (χ2v) is 6.14. The molecule has 1 aromatic heterocycles. The molecule has 0 atom stereocenters. The monoisotopic (exact) mass is 297 g/mol. The van der Waals surface area contributed by atoms with Crippen molar-refractivity contribution in [2.24, 2.45) is 0 Å². The van der Waals surface area contributed by atoms with Gasteiger partial charge in [0.1, 0.15) is 0 Å². The number of aromatic nitrogens is 2. The van der Waals surface area contributed by atoms with Crippen LogP contribution in [0.4, 0.5) is 5.69 Å². The van der Waals surface area contributed by atoms with Crippen molar-refractivity contribution in [2.45, 2.75) is 24.8 Å². The summed E-state index contributed by atoms with van der Waals surface area (Å²) in [6, 6.07) is 15.0. The van der Waals surface area contributed by atoms with Gasteiger partial charge in [-0.1, -0.05) is 35.9 Å². The molecule has 0 aliphatic heterocycles. The van der Waals surface area contributed by atoms with Crippen molar-refractivity contribution in [2.75, 3.05) is 5.32 Å². The highest BCUT2D eigenvalue weighted by Crippen LogP contribution is 2.39. The Morgan fingerprint density at radius 3 is 2.71 bits per heavy atom. The second-order valence-electron chi connectivity index (χ2n) is 5.70. The maximum atomic E-state index is 5.94. The lowest BCUT2D eigenvalue weighted by Gasteiger charge is -2.37. The number of hydrogen-bond acceptors (Lipinski definition) is 2. The molecule has 3 nitrogen and oxygen atoms in total. The molecule has 0 amide bonds. The number of aromatic amines is 1. The average molecular weight is 298 g/mol. The Balaban J connectivity index is 1.44. The van der Waals surface area contributed by atoms with Crippen LogP contribution >= 0.6 is 11.6 Å². The third-order valence-corrected chi connectivity index (χ3v) is 4.57. The van der Waals surface area contributed by atoms with Crippen LogP contribution < -0.4 is 5.32 Å². The van der Waals surface area contributed by atoms with Crippen molar-refractivity contribution in [1.82, 2.24) is 10.2 Å². The molecule has 1 fully saturated rings.